The van der Waals surface area contributed by atoms with E-state index in [4.69, 9.17) is 5.73 Å². The van der Waals surface area contributed by atoms with Crippen LogP contribution in [0.15, 0.2) is 0 Å². The van der Waals surface area contributed by atoms with E-state index in [2.05, 4.69) is 33.0 Å². The minimum Gasteiger partial charge on any atom is -0.330 e. The van der Waals surface area contributed by atoms with Gasteiger partial charge in [-0.1, -0.05) is 20.8 Å². The Hall–Kier alpha value is -0.0800. The maximum absolute atomic E-state index is 5.17. The molecule has 2 nitrogen and oxygen atoms in total. The van der Waals surface area contributed by atoms with Gasteiger partial charge in [0.25, 0.3) is 0 Å². The minimum atomic E-state index is 0.662. The second kappa shape index (κ2) is 5.56. The third-order valence-corrected chi connectivity index (χ3v) is 2.09. The molecule has 0 spiro atoms. The van der Waals surface area contributed by atoms with Crippen LogP contribution >= 0.6 is 0 Å². The van der Waals surface area contributed by atoms with E-state index in [1.807, 2.05) is 0 Å². The Morgan fingerprint density at radius 3 is 1.82 bits per heavy atom. The highest BCUT2D eigenvalue weighted by atomic mass is 15.0. The Kier molecular flexibility index (Phi) is 5.51. The summed E-state index contributed by atoms with van der Waals surface area (Å²) in [6.07, 6.45) is 0. The standard InChI is InChI=1S/C5H11N.C4H11N/c1-4-3-6-5(4)2;1-4(2)3-5/h4-6H,3H2,1-2H3;4H,3,5H2,1-2H3. The van der Waals surface area contributed by atoms with Crippen LogP contribution < -0.4 is 11.1 Å². The highest BCUT2D eigenvalue weighted by molar-refractivity contribution is 4.79. The zero-order valence-electron chi connectivity index (χ0n) is 8.22. The summed E-state index contributed by atoms with van der Waals surface area (Å²) in [7, 11) is 0. The maximum atomic E-state index is 5.17. The molecular weight excluding hydrogens is 136 g/mol. The van der Waals surface area contributed by atoms with Gasteiger partial charge in [-0.05, 0) is 31.8 Å². The van der Waals surface area contributed by atoms with Gasteiger partial charge in [-0.2, -0.15) is 0 Å². The fraction of sp³-hybridized carbons (Fsp3) is 1.00. The van der Waals surface area contributed by atoms with E-state index >= 15 is 0 Å². The van der Waals surface area contributed by atoms with Crippen LogP contribution in [-0.4, -0.2) is 19.1 Å². The van der Waals surface area contributed by atoms with Crippen molar-refractivity contribution in [3.8, 4) is 0 Å². The van der Waals surface area contributed by atoms with Crippen molar-refractivity contribution in [1.29, 1.82) is 0 Å². The quantitative estimate of drug-likeness (QED) is 0.602. The van der Waals surface area contributed by atoms with Gasteiger partial charge in [0.15, 0.2) is 0 Å². The molecule has 1 rings (SSSR count). The molecule has 1 saturated heterocycles. The zero-order valence-corrected chi connectivity index (χ0v) is 8.22. The lowest BCUT2D eigenvalue weighted by molar-refractivity contribution is 0.274. The molecule has 0 amide bonds. The molecule has 2 unspecified atom stereocenters. The Balaban J connectivity index is 0.000000187. The number of nitrogens with two attached hydrogens (primary N) is 1. The van der Waals surface area contributed by atoms with Gasteiger partial charge in [-0.25, -0.2) is 0 Å². The van der Waals surface area contributed by atoms with Crippen LogP contribution in [0.4, 0.5) is 0 Å². The van der Waals surface area contributed by atoms with Crippen molar-refractivity contribution in [2.45, 2.75) is 33.7 Å². The Morgan fingerprint density at radius 1 is 1.45 bits per heavy atom. The summed E-state index contributed by atoms with van der Waals surface area (Å²) in [6.45, 7) is 10.7. The zero-order chi connectivity index (χ0) is 8.85. The first-order chi connectivity index (χ1) is 5.07. The number of rotatable bonds is 1. The highest BCUT2D eigenvalue weighted by Gasteiger charge is 2.19. The minimum absolute atomic E-state index is 0.662. The van der Waals surface area contributed by atoms with Crippen molar-refractivity contribution in [3.05, 3.63) is 0 Å². The fourth-order valence-corrected chi connectivity index (χ4v) is 0.589. The number of nitrogens with one attached hydrogen (secondary N) is 1. The monoisotopic (exact) mass is 158 g/mol. The second-order valence-corrected chi connectivity index (χ2v) is 3.80. The molecule has 0 radical (unpaired) electrons. The summed E-state index contributed by atoms with van der Waals surface area (Å²) < 4.78 is 0. The largest absolute Gasteiger partial charge is 0.330 e. The Morgan fingerprint density at radius 2 is 1.82 bits per heavy atom. The molecule has 11 heavy (non-hydrogen) atoms. The SMILES string of the molecule is CC(C)CN.CC1CNC1C. The first-order valence-corrected chi connectivity index (χ1v) is 4.51. The summed E-state index contributed by atoms with van der Waals surface area (Å²) in [4.78, 5) is 0. The molecule has 1 heterocycles. The van der Waals surface area contributed by atoms with Gasteiger partial charge in [0.1, 0.15) is 0 Å². The van der Waals surface area contributed by atoms with Crippen LogP contribution in [0.1, 0.15) is 27.7 Å². The molecule has 3 N–H and O–H groups in total. The fourth-order valence-electron chi connectivity index (χ4n) is 0.589. The summed E-state index contributed by atoms with van der Waals surface area (Å²) in [5.41, 5.74) is 5.17. The van der Waals surface area contributed by atoms with Crippen molar-refractivity contribution in [2.75, 3.05) is 13.1 Å². The Labute approximate surface area is 70.5 Å². The van der Waals surface area contributed by atoms with Crippen LogP contribution in [-0.2, 0) is 0 Å². The lowest BCUT2D eigenvalue weighted by Crippen LogP contribution is -2.49. The smallest absolute Gasteiger partial charge is 0.00765 e. The van der Waals surface area contributed by atoms with Crippen molar-refractivity contribution < 1.29 is 0 Å². The number of hydrogen-bond acceptors (Lipinski definition) is 2. The molecule has 0 saturated carbocycles. The van der Waals surface area contributed by atoms with Gasteiger partial charge in [0.05, 0.1) is 0 Å². The second-order valence-electron chi connectivity index (χ2n) is 3.80. The molecule has 1 aliphatic rings. The van der Waals surface area contributed by atoms with E-state index in [-0.39, 0.29) is 0 Å². The summed E-state index contributed by atoms with van der Waals surface area (Å²) >= 11 is 0. The predicted molar refractivity (Wildman–Crippen MR) is 50.5 cm³/mol. The van der Waals surface area contributed by atoms with E-state index in [9.17, 15) is 0 Å². The van der Waals surface area contributed by atoms with Crippen molar-refractivity contribution >= 4 is 0 Å². The normalized spacial score (nSPS) is 28.9. The first kappa shape index (κ1) is 10.9. The van der Waals surface area contributed by atoms with Crippen LogP contribution in [0, 0.1) is 11.8 Å². The van der Waals surface area contributed by atoms with Gasteiger partial charge in [0.2, 0.25) is 0 Å². The van der Waals surface area contributed by atoms with E-state index < -0.39 is 0 Å². The molecular formula is C9H22N2. The van der Waals surface area contributed by atoms with Crippen LogP contribution in [0.3, 0.4) is 0 Å². The molecule has 68 valence electrons. The van der Waals surface area contributed by atoms with Gasteiger partial charge in [-0.15, -0.1) is 0 Å². The maximum Gasteiger partial charge on any atom is 0.00765 e. The average molecular weight is 158 g/mol. The van der Waals surface area contributed by atoms with Gasteiger partial charge in [-0.3, -0.25) is 0 Å². The van der Waals surface area contributed by atoms with E-state index in [1.54, 1.807) is 0 Å². The molecule has 1 fully saturated rings. The first-order valence-electron chi connectivity index (χ1n) is 4.51. The highest BCUT2D eigenvalue weighted by Crippen LogP contribution is 2.08. The molecule has 0 aromatic carbocycles. The van der Waals surface area contributed by atoms with Crippen LogP contribution in [0.2, 0.25) is 0 Å². The molecule has 0 aromatic rings. The van der Waals surface area contributed by atoms with E-state index in [0.29, 0.717) is 5.92 Å². The molecule has 0 bridgehead atoms. The summed E-state index contributed by atoms with van der Waals surface area (Å²) in [5.74, 6) is 1.58. The van der Waals surface area contributed by atoms with Crippen molar-refractivity contribution in [2.24, 2.45) is 17.6 Å². The van der Waals surface area contributed by atoms with Crippen molar-refractivity contribution in [3.63, 3.8) is 0 Å². The average Bonchev–Trinajstić information content (AvgIpc) is 2.02. The summed E-state index contributed by atoms with van der Waals surface area (Å²) in [6, 6.07) is 0.782. The molecule has 2 atom stereocenters. The lowest BCUT2D eigenvalue weighted by atomic mass is 9.96. The van der Waals surface area contributed by atoms with Crippen LogP contribution in [0.5, 0.6) is 0 Å². The predicted octanol–water partition coefficient (Wildman–Crippen LogP) is 1.22. The van der Waals surface area contributed by atoms with Crippen LogP contribution in [0.25, 0.3) is 0 Å². The molecule has 2 heteroatoms. The van der Waals surface area contributed by atoms with Gasteiger partial charge in [0, 0.05) is 6.04 Å². The third-order valence-electron chi connectivity index (χ3n) is 2.09. The van der Waals surface area contributed by atoms with E-state index in [1.165, 1.54) is 6.54 Å². The number of hydrogen-bond donors (Lipinski definition) is 2. The van der Waals surface area contributed by atoms with Crippen molar-refractivity contribution in [1.82, 2.24) is 5.32 Å². The third kappa shape index (κ3) is 5.22. The molecule has 0 aliphatic carbocycles. The van der Waals surface area contributed by atoms with Gasteiger partial charge >= 0.3 is 0 Å². The Bertz CT molecular complexity index is 83.6. The summed E-state index contributed by atoms with van der Waals surface area (Å²) in [5, 5.41) is 3.26. The molecule has 0 aromatic heterocycles. The molecule has 1 aliphatic heterocycles. The lowest BCUT2D eigenvalue weighted by Gasteiger charge is -2.31. The topological polar surface area (TPSA) is 38.0 Å². The van der Waals surface area contributed by atoms with Gasteiger partial charge < -0.3 is 11.1 Å². The van der Waals surface area contributed by atoms with E-state index in [0.717, 1.165) is 18.5 Å².